The summed E-state index contributed by atoms with van der Waals surface area (Å²) in [5.41, 5.74) is 5.49. The van der Waals surface area contributed by atoms with Crippen LogP contribution < -0.4 is 11.1 Å². The second kappa shape index (κ2) is 4.21. The van der Waals surface area contributed by atoms with Crippen molar-refractivity contribution in [3.05, 3.63) is 0 Å². The Morgan fingerprint density at radius 2 is 2.40 bits per heavy atom. The Balaban J connectivity index is 1.93. The van der Waals surface area contributed by atoms with E-state index in [4.69, 9.17) is 5.73 Å². The Labute approximate surface area is 66.9 Å². The summed E-state index contributed by atoms with van der Waals surface area (Å²) in [6.07, 6.45) is 0. The van der Waals surface area contributed by atoms with Gasteiger partial charge >= 0.3 is 0 Å². The van der Waals surface area contributed by atoms with Crippen molar-refractivity contribution in [2.75, 3.05) is 25.4 Å². The largest absolute Gasteiger partial charge is 0.330 e. The SMILES string of the molecule is CC(CN)CSC1CNC1. The zero-order valence-corrected chi connectivity index (χ0v) is 7.29. The van der Waals surface area contributed by atoms with Crippen molar-refractivity contribution in [1.82, 2.24) is 5.32 Å². The van der Waals surface area contributed by atoms with Crippen molar-refractivity contribution >= 4 is 11.8 Å². The van der Waals surface area contributed by atoms with E-state index in [9.17, 15) is 0 Å². The first-order valence-corrected chi connectivity index (χ1v) is 4.90. The molecule has 3 heteroatoms. The Bertz CT molecular complexity index is 88.9. The lowest BCUT2D eigenvalue weighted by atomic mass is 10.2. The molecule has 0 aliphatic carbocycles. The minimum atomic E-state index is 0.686. The second-order valence-electron chi connectivity index (χ2n) is 2.95. The lowest BCUT2D eigenvalue weighted by molar-refractivity contribution is 0.541. The van der Waals surface area contributed by atoms with E-state index in [1.165, 1.54) is 18.8 Å². The lowest BCUT2D eigenvalue weighted by Gasteiger charge is -2.27. The van der Waals surface area contributed by atoms with E-state index >= 15 is 0 Å². The molecule has 1 aliphatic heterocycles. The van der Waals surface area contributed by atoms with E-state index < -0.39 is 0 Å². The molecule has 10 heavy (non-hydrogen) atoms. The molecule has 0 aromatic heterocycles. The molecule has 0 aromatic carbocycles. The third-order valence-electron chi connectivity index (χ3n) is 1.76. The first-order chi connectivity index (χ1) is 4.83. The topological polar surface area (TPSA) is 38.0 Å². The normalized spacial score (nSPS) is 22.2. The Kier molecular flexibility index (Phi) is 3.52. The predicted octanol–water partition coefficient (Wildman–Crippen LogP) is 0.286. The van der Waals surface area contributed by atoms with Crippen LogP contribution in [-0.2, 0) is 0 Å². The highest BCUT2D eigenvalue weighted by molar-refractivity contribution is 8.00. The molecular formula is C7H16N2S. The van der Waals surface area contributed by atoms with Crippen LogP contribution >= 0.6 is 11.8 Å². The van der Waals surface area contributed by atoms with Crippen molar-refractivity contribution in [3.63, 3.8) is 0 Å². The zero-order chi connectivity index (χ0) is 7.40. The molecule has 1 atom stereocenters. The van der Waals surface area contributed by atoms with Gasteiger partial charge in [-0.25, -0.2) is 0 Å². The smallest absolute Gasteiger partial charge is 0.0297 e. The van der Waals surface area contributed by atoms with Crippen LogP contribution in [0.4, 0.5) is 0 Å². The van der Waals surface area contributed by atoms with Crippen LogP contribution in [0.1, 0.15) is 6.92 Å². The third-order valence-corrected chi connectivity index (χ3v) is 3.33. The minimum absolute atomic E-state index is 0.686. The van der Waals surface area contributed by atoms with Gasteiger partial charge in [-0.15, -0.1) is 0 Å². The molecule has 2 nitrogen and oxygen atoms in total. The van der Waals surface area contributed by atoms with E-state index in [2.05, 4.69) is 24.0 Å². The maximum Gasteiger partial charge on any atom is 0.0297 e. The fourth-order valence-electron chi connectivity index (χ4n) is 0.748. The van der Waals surface area contributed by atoms with Gasteiger partial charge in [-0.3, -0.25) is 0 Å². The van der Waals surface area contributed by atoms with Crippen molar-refractivity contribution in [2.24, 2.45) is 11.7 Å². The van der Waals surface area contributed by atoms with Gasteiger partial charge in [0.2, 0.25) is 0 Å². The van der Waals surface area contributed by atoms with Gasteiger partial charge in [-0.05, 0) is 18.2 Å². The molecule has 3 N–H and O–H groups in total. The van der Waals surface area contributed by atoms with Crippen LogP contribution in [0.3, 0.4) is 0 Å². The standard InChI is InChI=1S/C7H16N2S/c1-6(2-8)5-10-7-3-9-4-7/h6-7,9H,2-5,8H2,1H3. The number of hydrogen-bond acceptors (Lipinski definition) is 3. The average molecular weight is 160 g/mol. The van der Waals surface area contributed by atoms with E-state index in [1.54, 1.807) is 0 Å². The highest BCUT2D eigenvalue weighted by Crippen LogP contribution is 2.17. The van der Waals surface area contributed by atoms with Crippen molar-refractivity contribution in [2.45, 2.75) is 12.2 Å². The van der Waals surface area contributed by atoms with Crippen LogP contribution in [0.15, 0.2) is 0 Å². The van der Waals surface area contributed by atoms with Crippen LogP contribution in [0.25, 0.3) is 0 Å². The van der Waals surface area contributed by atoms with Gasteiger partial charge in [0.15, 0.2) is 0 Å². The molecule has 1 aliphatic rings. The minimum Gasteiger partial charge on any atom is -0.330 e. The first-order valence-electron chi connectivity index (χ1n) is 3.85. The molecule has 0 saturated carbocycles. The van der Waals surface area contributed by atoms with Gasteiger partial charge in [0.1, 0.15) is 0 Å². The summed E-state index contributed by atoms with van der Waals surface area (Å²) in [6, 6.07) is 0. The van der Waals surface area contributed by atoms with Gasteiger partial charge < -0.3 is 11.1 Å². The molecule has 60 valence electrons. The molecule has 0 radical (unpaired) electrons. The highest BCUT2D eigenvalue weighted by atomic mass is 32.2. The molecule has 0 aromatic rings. The van der Waals surface area contributed by atoms with Crippen LogP contribution in [0.2, 0.25) is 0 Å². The molecule has 0 amide bonds. The van der Waals surface area contributed by atoms with Crippen molar-refractivity contribution in [1.29, 1.82) is 0 Å². The summed E-state index contributed by atoms with van der Waals surface area (Å²) in [5.74, 6) is 1.91. The van der Waals surface area contributed by atoms with Crippen LogP contribution in [0.5, 0.6) is 0 Å². The molecule has 1 rings (SSSR count). The Morgan fingerprint density at radius 1 is 1.70 bits per heavy atom. The maximum atomic E-state index is 5.49. The summed E-state index contributed by atoms with van der Waals surface area (Å²) < 4.78 is 0. The fraction of sp³-hybridized carbons (Fsp3) is 1.00. The van der Waals surface area contributed by atoms with Gasteiger partial charge in [0.25, 0.3) is 0 Å². The number of rotatable bonds is 4. The summed E-state index contributed by atoms with van der Waals surface area (Å²) in [4.78, 5) is 0. The summed E-state index contributed by atoms with van der Waals surface area (Å²) in [7, 11) is 0. The lowest BCUT2D eigenvalue weighted by Crippen LogP contribution is -2.45. The van der Waals surface area contributed by atoms with Crippen molar-refractivity contribution in [3.8, 4) is 0 Å². The van der Waals surface area contributed by atoms with E-state index in [1.807, 2.05) is 0 Å². The molecule has 0 bridgehead atoms. The van der Waals surface area contributed by atoms with Crippen LogP contribution in [0, 0.1) is 5.92 Å². The number of nitrogens with two attached hydrogens (primary N) is 1. The molecule has 1 heterocycles. The summed E-state index contributed by atoms with van der Waals surface area (Å²) >= 11 is 2.05. The van der Waals surface area contributed by atoms with Crippen LogP contribution in [-0.4, -0.2) is 30.6 Å². The van der Waals surface area contributed by atoms with Crippen molar-refractivity contribution < 1.29 is 0 Å². The zero-order valence-electron chi connectivity index (χ0n) is 6.47. The molecule has 1 unspecified atom stereocenters. The molecule has 0 spiro atoms. The van der Waals surface area contributed by atoms with E-state index in [-0.39, 0.29) is 0 Å². The maximum absolute atomic E-state index is 5.49. The van der Waals surface area contributed by atoms with E-state index in [0.29, 0.717) is 5.92 Å². The fourth-order valence-corrected chi connectivity index (χ4v) is 1.96. The molecular weight excluding hydrogens is 144 g/mol. The molecule has 1 saturated heterocycles. The summed E-state index contributed by atoms with van der Waals surface area (Å²) in [5, 5.41) is 4.12. The number of hydrogen-bond donors (Lipinski definition) is 2. The van der Waals surface area contributed by atoms with E-state index in [0.717, 1.165) is 11.8 Å². The quantitative estimate of drug-likeness (QED) is 0.620. The second-order valence-corrected chi connectivity index (χ2v) is 4.29. The first kappa shape index (κ1) is 8.37. The summed E-state index contributed by atoms with van der Waals surface area (Å²) in [6.45, 7) is 5.43. The Morgan fingerprint density at radius 3 is 2.80 bits per heavy atom. The molecule has 1 fully saturated rings. The highest BCUT2D eigenvalue weighted by Gasteiger charge is 2.17. The average Bonchev–Trinajstić information content (AvgIpc) is 1.84. The Hall–Kier alpha value is 0.270. The number of nitrogens with one attached hydrogen (secondary N) is 1. The van der Waals surface area contributed by atoms with Gasteiger partial charge in [0.05, 0.1) is 0 Å². The van der Waals surface area contributed by atoms with Gasteiger partial charge in [-0.1, -0.05) is 6.92 Å². The predicted molar refractivity (Wildman–Crippen MR) is 47.3 cm³/mol. The monoisotopic (exact) mass is 160 g/mol. The van der Waals surface area contributed by atoms with Gasteiger partial charge in [-0.2, -0.15) is 11.8 Å². The number of thioether (sulfide) groups is 1. The third kappa shape index (κ3) is 2.48. The van der Waals surface area contributed by atoms with Gasteiger partial charge in [0, 0.05) is 18.3 Å².